The van der Waals surface area contributed by atoms with Crippen LogP contribution < -0.4 is 5.32 Å². The van der Waals surface area contributed by atoms with Crippen molar-refractivity contribution in [1.82, 2.24) is 13.7 Å². The van der Waals surface area contributed by atoms with Crippen molar-refractivity contribution >= 4 is 260 Å². The number of nitrogens with one attached hydrogen (secondary N) is 1. The van der Waals surface area contributed by atoms with E-state index in [4.69, 9.17) is 21.2 Å². The van der Waals surface area contributed by atoms with E-state index in [2.05, 4.69) is 205 Å². The molecule has 3 N–H and O–H groups in total. The number of ketones is 4. The van der Waals surface area contributed by atoms with Crippen LogP contribution >= 0.6 is 116 Å². The molecule has 0 spiro atoms. The van der Waals surface area contributed by atoms with Crippen molar-refractivity contribution < 1.29 is 74.5 Å². The number of carboxylic acid groups (broad SMARTS) is 2. The maximum atomic E-state index is 13.2. The van der Waals surface area contributed by atoms with Gasteiger partial charge in [0, 0.05) is 127 Å². The third-order valence-corrected chi connectivity index (χ3v) is 24.7. The summed E-state index contributed by atoms with van der Waals surface area (Å²) in [6, 6.07) is 108. The van der Waals surface area contributed by atoms with E-state index >= 15 is 0 Å². The number of halogens is 6. The first-order chi connectivity index (χ1) is 59.4. The number of aliphatic carboxylic acids is 2. The molecule has 2 aliphatic carbocycles. The number of carbonyl (C=O) groups excluding carboxylic acids is 5. The van der Waals surface area contributed by atoms with Gasteiger partial charge in [0.1, 0.15) is 14.5 Å². The SMILES string of the molecule is Brc1ccsc1Br.CC(=O)O.CC(=O)O.O=C1C(=Cc2cc3c4ccccc4n(-c4ccccc4)c3s2)C(=O)c2cc3ccccc3cc21.O=C1CC(=O)c2cc3ccccc3cc21.O=Cc1cc2c3ccccc3n(-c3ccccc3)c2s1.O=P(Cl)(Cl)Cl.[2H]CF.[Pd].c1ccc(-n2c3ccccc3c3ccsc32)cc1.c1ccc(Nc2ccccc2)cc1. The van der Waals surface area contributed by atoms with Crippen molar-refractivity contribution in [3.63, 3.8) is 0 Å². The summed E-state index contributed by atoms with van der Waals surface area (Å²) < 4.78 is 34.1. The number of aromatic nitrogens is 3. The van der Waals surface area contributed by atoms with Crippen LogP contribution in [-0.2, 0) is 34.6 Å². The van der Waals surface area contributed by atoms with Crippen molar-refractivity contribution in [2.45, 2.75) is 20.3 Å². The fourth-order valence-electron chi connectivity index (χ4n) is 13.6. The van der Waals surface area contributed by atoms with Crippen LogP contribution in [0.4, 0.5) is 15.8 Å². The fourth-order valence-corrected chi connectivity index (χ4v) is 18.3. The summed E-state index contributed by atoms with van der Waals surface area (Å²) in [6.07, 6.45) is 2.73. The molecule has 0 atom stereocenters. The summed E-state index contributed by atoms with van der Waals surface area (Å²) in [4.78, 5) is 83.7. The molecule has 7 heterocycles. The van der Waals surface area contributed by atoms with Gasteiger partial charge in [-0.2, -0.15) is 0 Å². The van der Waals surface area contributed by atoms with Gasteiger partial charge in [-0.15, -0.1) is 45.3 Å². The summed E-state index contributed by atoms with van der Waals surface area (Å²) in [5, 5.41) is 30.4. The molecule has 0 saturated heterocycles. The molecule has 0 amide bonds. The van der Waals surface area contributed by atoms with E-state index in [0.29, 0.717) is 22.3 Å². The zero-order valence-electron chi connectivity index (χ0n) is 66.0. The Labute approximate surface area is 768 Å². The van der Waals surface area contributed by atoms with Gasteiger partial charge in [0.2, 0.25) is 0 Å². The second-order valence-corrected chi connectivity index (χ2v) is 39.4. The number of hydrogen-bond acceptors (Lipinski definition) is 13. The van der Waals surface area contributed by atoms with Crippen molar-refractivity contribution in [3.8, 4) is 17.1 Å². The third kappa shape index (κ3) is 23.2. The molecule has 26 heteroatoms. The molecule has 14 nitrogen and oxygen atoms in total. The molecule has 620 valence electrons. The van der Waals surface area contributed by atoms with E-state index in [0.717, 1.165) is 114 Å². The summed E-state index contributed by atoms with van der Waals surface area (Å²) in [7, 11) is -1.00. The topological polar surface area (TPSA) is 204 Å². The number of alkyl halides is 1. The number of carbonyl (C=O) groups is 7. The molecular weight excluding hydrogens is 1930 g/mol. The average molecular weight is 2000 g/mol. The molecule has 123 heavy (non-hydrogen) atoms. The van der Waals surface area contributed by atoms with Crippen LogP contribution in [0.25, 0.3) is 108 Å². The summed E-state index contributed by atoms with van der Waals surface area (Å²) in [5.41, 5.74) is 11.7. The number of Topliss-reactive ketones (excluding diaryl/α,β-unsaturated/α-hetero) is 4. The minimum absolute atomic E-state index is 0. The number of rotatable bonds is 7. The van der Waals surface area contributed by atoms with E-state index in [1.54, 1.807) is 40.1 Å². The summed E-state index contributed by atoms with van der Waals surface area (Å²) in [5.74, 6) is -2.17. The van der Waals surface area contributed by atoms with E-state index in [-0.39, 0.29) is 55.5 Å². The van der Waals surface area contributed by atoms with Gasteiger partial charge in [0.05, 0.1) is 45.7 Å². The van der Waals surface area contributed by atoms with Gasteiger partial charge in [-0.05, 0) is 231 Å². The van der Waals surface area contributed by atoms with E-state index in [1.807, 2.05) is 212 Å². The Morgan fingerprint density at radius 3 is 1.10 bits per heavy atom. The fraction of sp³-hybridized carbons (Fsp3) is 0.0412. The molecule has 0 fully saturated rings. The van der Waals surface area contributed by atoms with Crippen molar-refractivity contribution in [2.75, 3.05) is 12.5 Å². The molecule has 7 aromatic heterocycles. The van der Waals surface area contributed by atoms with Crippen molar-refractivity contribution in [1.29, 1.82) is 0 Å². The molecule has 0 bridgehead atoms. The molecule has 19 aromatic rings. The van der Waals surface area contributed by atoms with Crippen LogP contribution in [0.2, 0.25) is 0 Å². The Hall–Kier alpha value is -11.2. The number of thiophene rings is 4. The molecular formula is C97H71Br2Cl3FN4O10PPdS4. The second-order valence-electron chi connectivity index (χ2n) is 26.6. The number of hydrogen-bond donors (Lipinski definition) is 3. The van der Waals surface area contributed by atoms with E-state index in [9.17, 15) is 32.9 Å². The zero-order valence-corrected chi connectivity index (χ0v) is 76.1. The first kappa shape index (κ1) is 91.1. The van der Waals surface area contributed by atoms with Crippen molar-refractivity contribution in [3.05, 3.63) is 378 Å². The van der Waals surface area contributed by atoms with E-state index in [1.165, 1.54) is 49.0 Å². The number of allylic oxidation sites excluding steroid dienone is 1. The molecule has 0 saturated carbocycles. The number of para-hydroxylation sites is 8. The normalized spacial score (nSPS) is 11.5. The van der Waals surface area contributed by atoms with Crippen molar-refractivity contribution in [2.24, 2.45) is 0 Å². The van der Waals surface area contributed by atoms with Crippen LogP contribution in [0.3, 0.4) is 0 Å². The van der Waals surface area contributed by atoms with Gasteiger partial charge >= 0.3 is 5.20 Å². The maximum absolute atomic E-state index is 13.2. The Balaban J connectivity index is 0.000000146. The van der Waals surface area contributed by atoms with Gasteiger partial charge in [0.15, 0.2) is 29.4 Å². The van der Waals surface area contributed by atoms with Gasteiger partial charge in [-0.1, -0.05) is 194 Å². The van der Waals surface area contributed by atoms with Gasteiger partial charge in [0.25, 0.3) is 11.9 Å². The standard InChI is InChI=1S/C30H17NO2S.C17H11NOS.C16H11NS.C13H8O2.C12H11N.C4H2Br2S.2C2H4O2.CH3F.Cl3OP.Pd/c32-28-23-14-18-8-4-5-9-19(18)15-24(23)29(33)26(28)17-21-16-25-22-12-6-7-13-27(22)31(30(25)34-21)20-10-2-1-3-11-20;19-11-13-10-15-14-8-4-5-9-16(14)18(17(15)20-13)12-6-2-1-3-7-12;1-2-6-12(7-3-1)17-15-9-5-4-8-13(15)14-10-11-18-16(14)17;14-12-7-13(15)11-6-9-4-2-1-3-8(9)5-10(11)12;1-3-7-11(8-4-1)13-12-9-5-2-6-10-12;5-3-1-2-7-4(3)6;2*1-2(3)4;1-2;1-5(2,3)4;/h1-17H;1-11H;1-11H;1-6H,7H2;1-10,13H;1-2H;2*1H3,(H,3,4);1H3;;/i;;;;;;;;1D;;. The molecule has 21 rings (SSSR count). The Kier molecular flexibility index (Phi) is 32.4. The summed E-state index contributed by atoms with van der Waals surface area (Å²) >= 11 is 27.1. The second kappa shape index (κ2) is 43.7. The number of carboxylic acids is 2. The number of anilines is 2. The predicted molar refractivity (Wildman–Crippen MR) is 514 cm³/mol. The van der Waals surface area contributed by atoms with E-state index < -0.39 is 24.3 Å². The maximum Gasteiger partial charge on any atom is 0.339 e. The molecule has 12 aromatic carbocycles. The number of aldehydes is 1. The Morgan fingerprint density at radius 1 is 0.439 bits per heavy atom. The largest absolute Gasteiger partial charge is 0.481 e. The predicted octanol–water partition coefficient (Wildman–Crippen LogP) is 29.9. The zero-order chi connectivity index (χ0) is 87.3. The average Bonchev–Trinajstić information content (AvgIpc) is 1.59. The quantitative estimate of drug-likeness (QED) is 0.0342. The van der Waals surface area contributed by atoms with Crippen LogP contribution in [0, 0.1) is 0 Å². The number of benzene rings is 12. The number of nitrogens with zero attached hydrogens (tertiary/aromatic N) is 3. The smallest absolute Gasteiger partial charge is 0.339 e. The Bertz CT molecular complexity index is 6920. The van der Waals surface area contributed by atoms with Crippen LogP contribution in [0.5, 0.6) is 0 Å². The monoisotopic (exact) mass is 2000 g/mol. The Morgan fingerprint density at radius 2 is 0.748 bits per heavy atom. The molecule has 0 unspecified atom stereocenters. The van der Waals surface area contributed by atoms with Gasteiger partial charge < -0.3 is 29.2 Å². The van der Waals surface area contributed by atoms with Gasteiger partial charge in [-0.25, -0.2) is 0 Å². The van der Waals surface area contributed by atoms with Gasteiger partial charge in [-0.3, -0.25) is 42.5 Å². The van der Waals surface area contributed by atoms with Crippen LogP contribution in [0.1, 0.15) is 77.6 Å². The number of fused-ring (bicyclic) bond motifs is 13. The minimum atomic E-state index is -3.22. The first-order valence-corrected chi connectivity index (χ1v) is 46.6. The van der Waals surface area contributed by atoms with Crippen LogP contribution in [-0.4, -0.2) is 72.4 Å². The summed E-state index contributed by atoms with van der Waals surface area (Å²) in [6.45, 7) is 2.17. The molecule has 0 aliphatic heterocycles. The first-order valence-electron chi connectivity index (χ1n) is 37.9. The molecule has 0 radical (unpaired) electrons. The third-order valence-electron chi connectivity index (χ3n) is 18.6. The molecule has 2 aliphatic rings. The minimum Gasteiger partial charge on any atom is -0.481 e. The van der Waals surface area contributed by atoms with Crippen LogP contribution in [0.15, 0.2) is 346 Å².